The molecule has 0 saturated heterocycles. The smallest absolute Gasteiger partial charge is 0.352 e. The number of carbonyl (C=O) groups is 2. The maximum absolute atomic E-state index is 11.1. The number of carbonyl (C=O) groups excluding carboxylic acids is 1. The zero-order valence-corrected chi connectivity index (χ0v) is 10.3. The first kappa shape index (κ1) is 13.4. The molecule has 94 valence electrons. The van der Waals surface area contributed by atoms with Gasteiger partial charge in [0.15, 0.2) is 5.78 Å². The van der Waals surface area contributed by atoms with E-state index in [9.17, 15) is 18.0 Å². The molecule has 6 nitrogen and oxygen atoms in total. The summed E-state index contributed by atoms with van der Waals surface area (Å²) in [5.41, 5.74) is 0.176. The molecule has 0 atom stereocenters. The molecule has 0 aliphatic carbocycles. The molecule has 0 spiro atoms. The van der Waals surface area contributed by atoms with Crippen molar-refractivity contribution in [1.82, 2.24) is 4.57 Å². The van der Waals surface area contributed by atoms with Crippen LogP contribution in [0.5, 0.6) is 0 Å². The molecule has 1 N–H and O–H groups in total. The van der Waals surface area contributed by atoms with Gasteiger partial charge >= 0.3 is 5.97 Å². The SMILES string of the molecule is CC(=O)c1cc(C(=O)O)n(CCS(C)(=O)=O)c1. The Balaban J connectivity index is 3.05. The maximum atomic E-state index is 11.1. The number of carboxylic acids is 1. The number of Topliss-reactive ketones (excluding diaryl/α,β-unsaturated/α-hetero) is 1. The summed E-state index contributed by atoms with van der Waals surface area (Å²) in [5.74, 6) is -1.61. The Bertz CT molecular complexity index is 555. The van der Waals surface area contributed by atoms with Gasteiger partial charge in [0.1, 0.15) is 15.5 Å². The number of ketones is 1. The third-order valence-electron chi connectivity index (χ3n) is 2.23. The third kappa shape index (κ3) is 3.70. The van der Waals surface area contributed by atoms with Gasteiger partial charge in [-0.2, -0.15) is 0 Å². The Hall–Kier alpha value is -1.63. The number of nitrogens with zero attached hydrogens (tertiary/aromatic N) is 1. The summed E-state index contributed by atoms with van der Waals surface area (Å²) in [6, 6.07) is 1.24. The molecule has 1 aromatic heterocycles. The van der Waals surface area contributed by atoms with E-state index in [0.717, 1.165) is 6.26 Å². The van der Waals surface area contributed by atoms with Crippen LogP contribution in [0.4, 0.5) is 0 Å². The van der Waals surface area contributed by atoms with Gasteiger partial charge in [-0.25, -0.2) is 13.2 Å². The Kier molecular flexibility index (Phi) is 3.72. The minimum Gasteiger partial charge on any atom is -0.477 e. The van der Waals surface area contributed by atoms with Crippen LogP contribution in [0.25, 0.3) is 0 Å². The highest BCUT2D eigenvalue weighted by molar-refractivity contribution is 7.90. The molecular weight excluding hydrogens is 246 g/mol. The molecule has 0 aliphatic heterocycles. The fourth-order valence-electron chi connectivity index (χ4n) is 1.33. The lowest BCUT2D eigenvalue weighted by atomic mass is 10.2. The van der Waals surface area contributed by atoms with Crippen molar-refractivity contribution in [2.75, 3.05) is 12.0 Å². The number of aryl methyl sites for hydroxylation is 1. The molecule has 0 fully saturated rings. The molecule has 0 unspecified atom stereocenters. The first-order chi connectivity index (χ1) is 7.70. The van der Waals surface area contributed by atoms with E-state index in [1.54, 1.807) is 0 Å². The monoisotopic (exact) mass is 259 g/mol. The number of aromatic nitrogens is 1. The van der Waals surface area contributed by atoms with E-state index in [4.69, 9.17) is 5.11 Å². The van der Waals surface area contributed by atoms with Crippen LogP contribution in [-0.4, -0.2) is 41.9 Å². The lowest BCUT2D eigenvalue weighted by molar-refractivity contribution is 0.0685. The zero-order chi connectivity index (χ0) is 13.2. The molecule has 1 rings (SSSR count). The second-order valence-corrected chi connectivity index (χ2v) is 6.06. The summed E-state index contributed by atoms with van der Waals surface area (Å²) in [5, 5.41) is 8.91. The summed E-state index contributed by atoms with van der Waals surface area (Å²) in [4.78, 5) is 22.0. The highest BCUT2D eigenvalue weighted by Crippen LogP contribution is 2.10. The van der Waals surface area contributed by atoms with E-state index in [-0.39, 0.29) is 29.3 Å². The van der Waals surface area contributed by atoms with Crippen LogP contribution in [0.15, 0.2) is 12.3 Å². The van der Waals surface area contributed by atoms with Gasteiger partial charge in [-0.1, -0.05) is 0 Å². The lowest BCUT2D eigenvalue weighted by Gasteiger charge is -2.04. The van der Waals surface area contributed by atoms with Crippen molar-refractivity contribution in [3.8, 4) is 0 Å². The molecule has 7 heteroatoms. The van der Waals surface area contributed by atoms with Crippen LogP contribution in [0, 0.1) is 0 Å². The number of sulfone groups is 1. The summed E-state index contributed by atoms with van der Waals surface area (Å²) in [6.45, 7) is 1.34. The largest absolute Gasteiger partial charge is 0.477 e. The van der Waals surface area contributed by atoms with Crippen LogP contribution in [0.3, 0.4) is 0 Å². The van der Waals surface area contributed by atoms with Crippen LogP contribution >= 0.6 is 0 Å². The van der Waals surface area contributed by atoms with Gasteiger partial charge < -0.3 is 9.67 Å². The van der Waals surface area contributed by atoms with E-state index in [1.807, 2.05) is 0 Å². The predicted octanol–water partition coefficient (Wildman–Crippen LogP) is 0.434. The van der Waals surface area contributed by atoms with E-state index in [0.29, 0.717) is 0 Å². The molecule has 0 aromatic carbocycles. The summed E-state index contributed by atoms with van der Waals surface area (Å²) < 4.78 is 23.3. The Morgan fingerprint density at radius 3 is 2.41 bits per heavy atom. The molecule has 1 heterocycles. The van der Waals surface area contributed by atoms with Crippen molar-refractivity contribution in [3.63, 3.8) is 0 Å². The van der Waals surface area contributed by atoms with Crippen molar-refractivity contribution in [2.45, 2.75) is 13.5 Å². The van der Waals surface area contributed by atoms with Gasteiger partial charge in [0.25, 0.3) is 0 Å². The standard InChI is InChI=1S/C10H13NO5S/c1-7(12)8-5-9(10(13)14)11(6-8)3-4-17(2,15)16/h5-6H,3-4H2,1-2H3,(H,13,14). The Morgan fingerprint density at radius 1 is 1.41 bits per heavy atom. The molecule has 0 bridgehead atoms. The molecule has 17 heavy (non-hydrogen) atoms. The van der Waals surface area contributed by atoms with E-state index < -0.39 is 15.8 Å². The first-order valence-electron chi connectivity index (χ1n) is 4.83. The minimum atomic E-state index is -3.17. The summed E-state index contributed by atoms with van der Waals surface area (Å²) >= 11 is 0. The number of hydrogen-bond donors (Lipinski definition) is 1. The van der Waals surface area contributed by atoms with Crippen molar-refractivity contribution >= 4 is 21.6 Å². The Morgan fingerprint density at radius 2 is 2.00 bits per heavy atom. The van der Waals surface area contributed by atoms with Crippen LogP contribution < -0.4 is 0 Å². The van der Waals surface area contributed by atoms with Gasteiger partial charge in [0.2, 0.25) is 0 Å². The number of rotatable bonds is 5. The van der Waals surface area contributed by atoms with Gasteiger partial charge in [0, 0.05) is 24.6 Å². The van der Waals surface area contributed by atoms with Gasteiger partial charge in [0.05, 0.1) is 5.75 Å². The maximum Gasteiger partial charge on any atom is 0.352 e. The molecule has 1 aromatic rings. The zero-order valence-electron chi connectivity index (χ0n) is 9.50. The normalized spacial score (nSPS) is 11.4. The fraction of sp³-hybridized carbons (Fsp3) is 0.400. The predicted molar refractivity (Wildman–Crippen MR) is 61.1 cm³/mol. The summed E-state index contributed by atoms with van der Waals surface area (Å²) in [6.07, 6.45) is 2.43. The molecule has 0 aliphatic rings. The summed E-state index contributed by atoms with van der Waals surface area (Å²) in [7, 11) is -3.17. The lowest BCUT2D eigenvalue weighted by Crippen LogP contribution is -2.14. The Labute approximate surface area is 98.8 Å². The van der Waals surface area contributed by atoms with E-state index in [1.165, 1.54) is 23.8 Å². The molecule has 0 amide bonds. The van der Waals surface area contributed by atoms with Crippen molar-refractivity contribution in [3.05, 3.63) is 23.5 Å². The van der Waals surface area contributed by atoms with E-state index in [2.05, 4.69) is 0 Å². The second kappa shape index (κ2) is 4.70. The van der Waals surface area contributed by atoms with Crippen molar-refractivity contribution in [2.24, 2.45) is 0 Å². The van der Waals surface area contributed by atoms with Crippen molar-refractivity contribution in [1.29, 1.82) is 0 Å². The van der Waals surface area contributed by atoms with Gasteiger partial charge in [-0.15, -0.1) is 0 Å². The molecule has 0 saturated carbocycles. The van der Waals surface area contributed by atoms with Crippen molar-refractivity contribution < 1.29 is 23.1 Å². The van der Waals surface area contributed by atoms with E-state index >= 15 is 0 Å². The van der Waals surface area contributed by atoms with Gasteiger partial charge in [-0.3, -0.25) is 4.79 Å². The minimum absolute atomic E-state index is 0.0216. The van der Waals surface area contributed by atoms with Crippen LogP contribution in [0.1, 0.15) is 27.8 Å². The highest BCUT2D eigenvalue weighted by Gasteiger charge is 2.15. The van der Waals surface area contributed by atoms with Gasteiger partial charge in [-0.05, 0) is 13.0 Å². The first-order valence-corrected chi connectivity index (χ1v) is 6.89. The number of carboxylic acid groups (broad SMARTS) is 1. The average molecular weight is 259 g/mol. The number of hydrogen-bond acceptors (Lipinski definition) is 4. The van der Waals surface area contributed by atoms with Crippen LogP contribution in [0.2, 0.25) is 0 Å². The molecule has 0 radical (unpaired) electrons. The number of aromatic carboxylic acids is 1. The highest BCUT2D eigenvalue weighted by atomic mass is 32.2. The average Bonchev–Trinajstić information content (AvgIpc) is 2.57. The van der Waals surface area contributed by atoms with Crippen LogP contribution in [-0.2, 0) is 16.4 Å². The molecular formula is C10H13NO5S. The fourth-order valence-corrected chi connectivity index (χ4v) is 1.86. The third-order valence-corrected chi connectivity index (χ3v) is 3.15. The quantitative estimate of drug-likeness (QED) is 0.774. The topological polar surface area (TPSA) is 93.4 Å². The second-order valence-electron chi connectivity index (χ2n) is 3.80.